The molecule has 1 fully saturated rings. The molecule has 1 unspecified atom stereocenters. The van der Waals surface area contributed by atoms with Crippen LogP contribution in [0.15, 0.2) is 42.5 Å². The van der Waals surface area contributed by atoms with Crippen LogP contribution in [0.1, 0.15) is 18.2 Å². The standard InChI is InChI=1S/C18H17FN4O3/c1-11-4-3-5-14(20-11)21-15(24)10-23-16(25)18(2,22-17(23)26)12-6-8-13(19)9-7-12/h3-9H,10H2,1-2H3,(H,22,26)(H,20,21,24). The summed E-state index contributed by atoms with van der Waals surface area (Å²) in [6, 6.07) is 9.70. The molecule has 1 aliphatic heterocycles. The quantitative estimate of drug-likeness (QED) is 0.819. The molecule has 7 nitrogen and oxygen atoms in total. The minimum atomic E-state index is -1.35. The molecular weight excluding hydrogens is 339 g/mol. The van der Waals surface area contributed by atoms with E-state index in [1.54, 1.807) is 25.1 Å². The Kier molecular flexibility index (Phi) is 4.41. The normalized spacial score (nSPS) is 19.4. The van der Waals surface area contributed by atoms with E-state index in [9.17, 15) is 18.8 Å². The molecule has 8 heteroatoms. The molecule has 1 aliphatic rings. The Morgan fingerprint density at radius 1 is 1.23 bits per heavy atom. The van der Waals surface area contributed by atoms with Crippen molar-refractivity contribution in [3.63, 3.8) is 0 Å². The van der Waals surface area contributed by atoms with E-state index >= 15 is 0 Å². The number of hydrogen-bond donors (Lipinski definition) is 2. The first-order valence-corrected chi connectivity index (χ1v) is 7.93. The maximum atomic E-state index is 13.1. The van der Waals surface area contributed by atoms with E-state index in [-0.39, 0.29) is 0 Å². The first-order valence-electron chi connectivity index (χ1n) is 7.93. The summed E-state index contributed by atoms with van der Waals surface area (Å²) in [7, 11) is 0. The fourth-order valence-electron chi connectivity index (χ4n) is 2.76. The number of imide groups is 1. The van der Waals surface area contributed by atoms with E-state index in [2.05, 4.69) is 15.6 Å². The highest BCUT2D eigenvalue weighted by atomic mass is 19.1. The van der Waals surface area contributed by atoms with Gasteiger partial charge in [-0.1, -0.05) is 18.2 Å². The summed E-state index contributed by atoms with van der Waals surface area (Å²) >= 11 is 0. The fourth-order valence-corrected chi connectivity index (χ4v) is 2.76. The van der Waals surface area contributed by atoms with Crippen molar-refractivity contribution in [1.29, 1.82) is 0 Å². The minimum absolute atomic E-state index is 0.336. The molecule has 2 heterocycles. The number of anilines is 1. The number of pyridine rings is 1. The van der Waals surface area contributed by atoms with Gasteiger partial charge in [-0.15, -0.1) is 0 Å². The third kappa shape index (κ3) is 3.26. The van der Waals surface area contributed by atoms with Gasteiger partial charge in [-0.3, -0.25) is 14.5 Å². The van der Waals surface area contributed by atoms with Gasteiger partial charge in [-0.05, 0) is 43.7 Å². The number of aromatic nitrogens is 1. The summed E-state index contributed by atoms with van der Waals surface area (Å²) in [6.45, 7) is 2.85. The number of amides is 4. The van der Waals surface area contributed by atoms with Gasteiger partial charge < -0.3 is 10.6 Å². The van der Waals surface area contributed by atoms with Crippen LogP contribution < -0.4 is 10.6 Å². The first kappa shape index (κ1) is 17.5. The Labute approximate surface area is 149 Å². The maximum Gasteiger partial charge on any atom is 0.325 e. The van der Waals surface area contributed by atoms with Crippen molar-refractivity contribution in [1.82, 2.24) is 15.2 Å². The zero-order valence-corrected chi connectivity index (χ0v) is 14.2. The van der Waals surface area contributed by atoms with Crippen LogP contribution in [0.5, 0.6) is 0 Å². The molecular formula is C18H17FN4O3. The summed E-state index contributed by atoms with van der Waals surface area (Å²) in [6.07, 6.45) is 0. The second kappa shape index (κ2) is 6.55. The highest BCUT2D eigenvalue weighted by Crippen LogP contribution is 2.28. The molecule has 2 aromatic rings. The number of nitrogens with one attached hydrogen (secondary N) is 2. The largest absolute Gasteiger partial charge is 0.325 e. The number of urea groups is 1. The van der Waals surface area contributed by atoms with Crippen LogP contribution in [0.25, 0.3) is 0 Å². The Hall–Kier alpha value is -3.29. The molecule has 2 N–H and O–H groups in total. The van der Waals surface area contributed by atoms with E-state index in [1.165, 1.54) is 31.2 Å². The predicted octanol–water partition coefficient (Wildman–Crippen LogP) is 1.93. The van der Waals surface area contributed by atoms with E-state index in [4.69, 9.17) is 0 Å². The number of nitrogens with zero attached hydrogens (tertiary/aromatic N) is 2. The van der Waals surface area contributed by atoms with Crippen molar-refractivity contribution in [3.05, 3.63) is 59.5 Å². The summed E-state index contributed by atoms with van der Waals surface area (Å²) in [4.78, 5) is 42.1. The van der Waals surface area contributed by atoms with Crippen LogP contribution in [-0.2, 0) is 15.1 Å². The highest BCUT2D eigenvalue weighted by molar-refractivity contribution is 6.10. The lowest BCUT2D eigenvalue weighted by Gasteiger charge is -2.22. The Balaban J connectivity index is 1.74. The smallest absolute Gasteiger partial charge is 0.319 e. The first-order chi connectivity index (χ1) is 12.3. The van der Waals surface area contributed by atoms with E-state index in [1.807, 2.05) is 0 Å². The number of aryl methyl sites for hydroxylation is 1. The van der Waals surface area contributed by atoms with Crippen LogP contribution >= 0.6 is 0 Å². The maximum absolute atomic E-state index is 13.1. The van der Waals surface area contributed by atoms with Gasteiger partial charge in [0.2, 0.25) is 5.91 Å². The lowest BCUT2D eigenvalue weighted by molar-refractivity contribution is -0.133. The molecule has 1 aromatic heterocycles. The summed E-state index contributed by atoms with van der Waals surface area (Å²) in [5, 5.41) is 5.12. The highest BCUT2D eigenvalue weighted by Gasteiger charge is 2.49. The van der Waals surface area contributed by atoms with Crippen LogP contribution in [0, 0.1) is 12.7 Å². The second-order valence-electron chi connectivity index (χ2n) is 6.17. The molecule has 0 radical (unpaired) electrons. The Bertz CT molecular complexity index is 884. The second-order valence-corrected chi connectivity index (χ2v) is 6.17. The molecule has 134 valence electrons. The van der Waals surface area contributed by atoms with Gasteiger partial charge in [0.15, 0.2) is 0 Å². The Morgan fingerprint density at radius 2 is 1.92 bits per heavy atom. The molecule has 0 saturated carbocycles. The number of halogens is 1. The van der Waals surface area contributed by atoms with Crippen molar-refractivity contribution >= 4 is 23.7 Å². The molecule has 26 heavy (non-hydrogen) atoms. The van der Waals surface area contributed by atoms with Crippen molar-refractivity contribution < 1.29 is 18.8 Å². The average molecular weight is 356 g/mol. The number of carbonyl (C=O) groups excluding carboxylic acids is 3. The van der Waals surface area contributed by atoms with Crippen LogP contribution in [-0.4, -0.2) is 34.3 Å². The van der Waals surface area contributed by atoms with Crippen LogP contribution in [0.3, 0.4) is 0 Å². The Morgan fingerprint density at radius 3 is 2.58 bits per heavy atom. The van der Waals surface area contributed by atoms with E-state index in [0.29, 0.717) is 11.4 Å². The lowest BCUT2D eigenvalue weighted by atomic mass is 9.92. The topological polar surface area (TPSA) is 91.4 Å². The minimum Gasteiger partial charge on any atom is -0.319 e. The zero-order chi connectivity index (χ0) is 18.9. The third-order valence-corrected chi connectivity index (χ3v) is 4.15. The third-order valence-electron chi connectivity index (χ3n) is 4.15. The average Bonchev–Trinajstić information content (AvgIpc) is 2.79. The van der Waals surface area contributed by atoms with Crippen molar-refractivity contribution in [2.75, 3.05) is 11.9 Å². The molecule has 0 bridgehead atoms. The molecule has 0 aliphatic carbocycles. The SMILES string of the molecule is Cc1cccc(NC(=O)CN2C(=O)NC(C)(c3ccc(F)cc3)C2=O)n1. The molecule has 1 saturated heterocycles. The summed E-state index contributed by atoms with van der Waals surface area (Å²) in [5.74, 6) is -1.24. The number of benzene rings is 1. The number of rotatable bonds is 4. The number of carbonyl (C=O) groups is 3. The van der Waals surface area contributed by atoms with E-state index < -0.39 is 35.7 Å². The van der Waals surface area contributed by atoms with Gasteiger partial charge in [-0.2, -0.15) is 0 Å². The molecule has 1 aromatic carbocycles. The van der Waals surface area contributed by atoms with Gasteiger partial charge in [0, 0.05) is 5.69 Å². The summed E-state index contributed by atoms with van der Waals surface area (Å²) in [5.41, 5.74) is -0.200. The molecule has 3 rings (SSSR count). The molecule has 4 amide bonds. The predicted molar refractivity (Wildman–Crippen MR) is 91.6 cm³/mol. The zero-order valence-electron chi connectivity index (χ0n) is 14.2. The van der Waals surface area contributed by atoms with Crippen molar-refractivity contribution in [2.24, 2.45) is 0 Å². The van der Waals surface area contributed by atoms with Gasteiger partial charge in [-0.25, -0.2) is 14.2 Å². The number of hydrogen-bond acceptors (Lipinski definition) is 4. The van der Waals surface area contributed by atoms with Crippen LogP contribution in [0.2, 0.25) is 0 Å². The fraction of sp³-hybridized carbons (Fsp3) is 0.222. The van der Waals surface area contributed by atoms with E-state index in [0.717, 1.165) is 10.6 Å². The lowest BCUT2D eigenvalue weighted by Crippen LogP contribution is -2.42. The van der Waals surface area contributed by atoms with Crippen molar-refractivity contribution in [2.45, 2.75) is 19.4 Å². The monoisotopic (exact) mass is 356 g/mol. The van der Waals surface area contributed by atoms with Gasteiger partial charge in [0.05, 0.1) is 0 Å². The van der Waals surface area contributed by atoms with Crippen molar-refractivity contribution in [3.8, 4) is 0 Å². The van der Waals surface area contributed by atoms with Gasteiger partial charge >= 0.3 is 6.03 Å². The molecule has 0 spiro atoms. The van der Waals surface area contributed by atoms with Crippen LogP contribution in [0.4, 0.5) is 15.0 Å². The van der Waals surface area contributed by atoms with Gasteiger partial charge in [0.25, 0.3) is 5.91 Å². The molecule has 1 atom stereocenters. The summed E-state index contributed by atoms with van der Waals surface area (Å²) < 4.78 is 13.1. The van der Waals surface area contributed by atoms with Gasteiger partial charge in [0.1, 0.15) is 23.7 Å².